The van der Waals surface area contributed by atoms with Crippen LogP contribution in [0.5, 0.6) is 0 Å². The van der Waals surface area contributed by atoms with Gasteiger partial charge in [0.05, 0.1) is 5.69 Å². The molecule has 0 aliphatic heterocycles. The molecule has 0 radical (unpaired) electrons. The summed E-state index contributed by atoms with van der Waals surface area (Å²) < 4.78 is 10.6. The van der Waals surface area contributed by atoms with Crippen LogP contribution in [0.4, 0.5) is 26.7 Å². The Labute approximate surface area is 511 Å². The minimum absolute atomic E-state index is 0. The SMILES string of the molecule is C.C.Cc1c(C)c(C)c(C(=O)Cl)c(C)c1C.Cc1cc(C(=O)c2c(C)c(C)c(C)c(C)c2C)c(N)c(C)c1C.Cc1ccc(NC(=O)OC(C)(C)C)c(C(=O)c2c(C)c(C)c(C)c(C)c2C)c1.Cc1ccc(NC(=O)OC(C)(C)C)c(C)c1C. The summed E-state index contributed by atoms with van der Waals surface area (Å²) >= 11 is 5.57. The molecule has 4 N–H and O–H groups in total. The molecular weight excluding hydrogens is 1070 g/mol. The van der Waals surface area contributed by atoms with Gasteiger partial charge >= 0.3 is 12.2 Å². The van der Waals surface area contributed by atoms with Crippen molar-refractivity contribution in [3.8, 4) is 0 Å². The fraction of sp³-hybridized carbons (Fsp3) is 0.438. The lowest BCUT2D eigenvalue weighted by Gasteiger charge is -2.21. The number of ketones is 2. The van der Waals surface area contributed by atoms with Crippen molar-refractivity contribution in [3.63, 3.8) is 0 Å². The summed E-state index contributed by atoms with van der Waals surface area (Å²) in [6.45, 7) is 55.6. The van der Waals surface area contributed by atoms with E-state index in [1.807, 2.05) is 162 Å². The number of nitrogen functional groups attached to an aromatic ring is 1. The fourth-order valence-corrected chi connectivity index (χ4v) is 10.2. The number of rotatable bonds is 7. The number of amides is 2. The van der Waals surface area contributed by atoms with Crippen LogP contribution in [0.3, 0.4) is 0 Å². The van der Waals surface area contributed by atoms with Gasteiger partial charge in [-0.1, -0.05) is 32.5 Å². The number of carbonyl (C=O) groups is 5. The van der Waals surface area contributed by atoms with Crippen LogP contribution in [0.1, 0.15) is 221 Å². The lowest BCUT2D eigenvalue weighted by molar-refractivity contribution is 0.0624. The third kappa shape index (κ3) is 17.5. The Kier molecular flexibility index (Phi) is 26.5. The maximum Gasteiger partial charge on any atom is 0.412 e. The second-order valence-corrected chi connectivity index (χ2v) is 24.7. The van der Waals surface area contributed by atoms with Gasteiger partial charge in [-0.2, -0.15) is 0 Å². The summed E-state index contributed by atoms with van der Waals surface area (Å²) in [6.07, 6.45) is -0.987. The molecule has 0 aliphatic rings. The Bertz CT molecular complexity index is 3420. The molecule has 0 aromatic heterocycles. The number of carbonyl (C=O) groups excluding carboxylic acids is 5. The van der Waals surface area contributed by atoms with Gasteiger partial charge in [0.1, 0.15) is 11.2 Å². The average molecular weight is 1170 g/mol. The topological polar surface area (TPSA) is 154 Å². The van der Waals surface area contributed by atoms with E-state index >= 15 is 0 Å². The van der Waals surface area contributed by atoms with Crippen LogP contribution in [0.15, 0.2) is 36.4 Å². The Morgan fingerprint density at radius 1 is 0.369 bits per heavy atom. The molecule has 11 heteroatoms. The number of nitrogens with two attached hydrogens (primary N) is 1. The van der Waals surface area contributed by atoms with E-state index < -0.39 is 23.4 Å². The zero-order chi connectivity index (χ0) is 63.3. The summed E-state index contributed by atoms with van der Waals surface area (Å²) in [5, 5.41) is 5.16. The monoisotopic (exact) mass is 1170 g/mol. The Morgan fingerprint density at radius 3 is 1.04 bits per heavy atom. The summed E-state index contributed by atoms with van der Waals surface area (Å²) in [6, 6.07) is 11.3. The Morgan fingerprint density at radius 2 is 0.679 bits per heavy atom. The Hall–Kier alpha value is -7.04. The second kappa shape index (κ2) is 29.7. The number of benzene rings is 6. The van der Waals surface area contributed by atoms with Crippen molar-refractivity contribution in [2.75, 3.05) is 16.4 Å². The molecule has 10 nitrogen and oxygen atoms in total. The van der Waals surface area contributed by atoms with Gasteiger partial charge in [-0.3, -0.25) is 25.0 Å². The van der Waals surface area contributed by atoms with Crippen LogP contribution in [0.2, 0.25) is 0 Å². The van der Waals surface area contributed by atoms with E-state index in [2.05, 4.69) is 52.2 Å². The van der Waals surface area contributed by atoms with Gasteiger partial charge in [-0.15, -0.1) is 0 Å². The third-order valence-electron chi connectivity index (χ3n) is 16.9. The first-order valence-corrected chi connectivity index (χ1v) is 28.4. The summed E-state index contributed by atoms with van der Waals surface area (Å²) in [5.74, 6) is -0.0501. The zero-order valence-corrected chi connectivity index (χ0v) is 55.5. The predicted octanol–water partition coefficient (Wildman–Crippen LogP) is 19.9. The van der Waals surface area contributed by atoms with Crippen LogP contribution in [-0.4, -0.2) is 40.2 Å². The van der Waals surface area contributed by atoms with E-state index in [-0.39, 0.29) is 31.7 Å². The minimum atomic E-state index is -0.614. The van der Waals surface area contributed by atoms with Crippen LogP contribution in [0.25, 0.3) is 0 Å². The van der Waals surface area contributed by atoms with Crippen molar-refractivity contribution in [1.82, 2.24) is 0 Å². The van der Waals surface area contributed by atoms with E-state index in [1.54, 1.807) is 26.8 Å². The van der Waals surface area contributed by atoms with Crippen LogP contribution in [-0.2, 0) is 9.47 Å². The molecule has 6 aromatic rings. The van der Waals surface area contributed by atoms with Crippen molar-refractivity contribution in [2.24, 2.45) is 0 Å². The highest BCUT2D eigenvalue weighted by Gasteiger charge is 2.26. The van der Waals surface area contributed by atoms with Crippen LogP contribution in [0, 0.1) is 152 Å². The highest BCUT2D eigenvalue weighted by molar-refractivity contribution is 6.68. The van der Waals surface area contributed by atoms with Gasteiger partial charge in [0.25, 0.3) is 5.24 Å². The molecule has 6 aromatic carbocycles. The number of hydrogen-bond acceptors (Lipinski definition) is 8. The van der Waals surface area contributed by atoms with E-state index in [4.69, 9.17) is 26.8 Å². The number of anilines is 3. The molecule has 6 rings (SSSR count). The molecular formula is C73H102ClN3O7. The first-order valence-electron chi connectivity index (χ1n) is 28.0. The molecule has 0 heterocycles. The number of hydrogen-bond donors (Lipinski definition) is 3. The average Bonchev–Trinajstić information content (AvgIpc) is 2.88. The Balaban J connectivity index is 0.000000573. The first kappa shape index (κ1) is 75.0. The molecule has 0 saturated carbocycles. The van der Waals surface area contributed by atoms with Gasteiger partial charge in [0, 0.05) is 39.2 Å². The lowest BCUT2D eigenvalue weighted by Crippen LogP contribution is -2.28. The van der Waals surface area contributed by atoms with Gasteiger partial charge in [-0.05, 0) is 347 Å². The first-order chi connectivity index (χ1) is 37.5. The highest BCUT2D eigenvalue weighted by Crippen LogP contribution is 2.34. The van der Waals surface area contributed by atoms with Crippen LogP contribution >= 0.6 is 11.6 Å². The van der Waals surface area contributed by atoms with Crippen molar-refractivity contribution in [3.05, 3.63) is 187 Å². The maximum atomic E-state index is 13.6. The van der Waals surface area contributed by atoms with Crippen molar-refractivity contribution in [2.45, 2.75) is 220 Å². The number of aryl methyl sites for hydroxylation is 3. The van der Waals surface area contributed by atoms with Crippen molar-refractivity contribution >= 4 is 57.7 Å². The zero-order valence-electron chi connectivity index (χ0n) is 54.8. The molecule has 0 spiro atoms. The van der Waals surface area contributed by atoms with E-state index in [9.17, 15) is 24.0 Å². The molecule has 2 amide bonds. The number of halogens is 1. The smallest absolute Gasteiger partial charge is 0.412 e. The summed E-state index contributed by atoms with van der Waals surface area (Å²) in [7, 11) is 0. The summed E-state index contributed by atoms with van der Waals surface area (Å²) in [4.78, 5) is 62.0. The minimum Gasteiger partial charge on any atom is -0.444 e. The largest absolute Gasteiger partial charge is 0.444 e. The predicted molar refractivity (Wildman–Crippen MR) is 358 cm³/mol. The van der Waals surface area contributed by atoms with E-state index in [0.717, 1.165) is 94.7 Å². The standard InChI is InChI=1S/C24H31NO3.C21H27NO.C14H21NO2.C12H15ClO.2CH4/c1-13-10-11-20(25-23(27)28-24(7,8)9)19(12-13)22(26)21-17(5)15(3)14(2)16(4)18(21)6;1-10-9-18(20(22)17(8)11(10)2)21(23)19-15(6)13(4)12(3)14(5)16(19)7;1-9-7-8-12(11(3)10(9)2)15-13(16)17-14(4,5)6;1-6-7(2)9(4)11(12(13)14)10(5)8(6)3;;/h10-12H,1-9H3,(H,25,27);9H,22H2,1-8H3;7-8H,1-6H3,(H,15,16);1-5H3;2*1H4. The van der Waals surface area contributed by atoms with Gasteiger partial charge in [0.15, 0.2) is 11.6 Å². The van der Waals surface area contributed by atoms with Gasteiger partial charge in [-0.25, -0.2) is 9.59 Å². The highest BCUT2D eigenvalue weighted by atomic mass is 35.5. The lowest BCUT2D eigenvalue weighted by atomic mass is 9.84. The quantitative estimate of drug-likeness (QED) is 0.0811. The third-order valence-corrected chi connectivity index (χ3v) is 17.0. The number of ether oxygens (including phenoxy) is 2. The normalized spacial score (nSPS) is 10.8. The van der Waals surface area contributed by atoms with Gasteiger partial charge in [0.2, 0.25) is 0 Å². The summed E-state index contributed by atoms with van der Waals surface area (Å²) in [5.41, 5.74) is 34.8. The maximum absolute atomic E-state index is 13.6. The molecule has 0 unspecified atom stereocenters. The molecule has 0 bridgehead atoms. The van der Waals surface area contributed by atoms with Gasteiger partial charge < -0.3 is 15.2 Å². The molecule has 0 saturated heterocycles. The molecule has 0 atom stereocenters. The van der Waals surface area contributed by atoms with Crippen LogP contribution < -0.4 is 16.4 Å². The molecule has 0 fully saturated rings. The van der Waals surface area contributed by atoms with Crippen molar-refractivity contribution < 1.29 is 33.4 Å². The molecule has 84 heavy (non-hydrogen) atoms. The van der Waals surface area contributed by atoms with E-state index in [0.29, 0.717) is 33.6 Å². The second-order valence-electron chi connectivity index (χ2n) is 24.3. The number of nitrogens with one attached hydrogen (secondary N) is 2. The van der Waals surface area contributed by atoms with Crippen molar-refractivity contribution in [1.29, 1.82) is 0 Å². The molecule has 0 aliphatic carbocycles. The van der Waals surface area contributed by atoms with E-state index in [1.165, 1.54) is 38.9 Å². The molecule has 458 valence electrons. The fourth-order valence-electron chi connectivity index (χ4n) is 9.91.